The fourth-order valence-corrected chi connectivity index (χ4v) is 19.6. The van der Waals surface area contributed by atoms with Crippen LogP contribution in [0.3, 0.4) is 0 Å². The van der Waals surface area contributed by atoms with E-state index in [9.17, 15) is 33.6 Å². The van der Waals surface area contributed by atoms with Crippen molar-refractivity contribution < 1.29 is 67.6 Å². The Kier molecular flexibility index (Phi) is 14.2. The van der Waals surface area contributed by atoms with Gasteiger partial charge >= 0.3 is 44.5 Å². The van der Waals surface area contributed by atoms with Crippen molar-refractivity contribution >= 4 is 44.5 Å². The minimum absolute atomic E-state index is 0.142. The van der Waals surface area contributed by atoms with Crippen LogP contribution in [0.25, 0.3) is 0 Å². The third-order valence-electron chi connectivity index (χ3n) is 7.77. The van der Waals surface area contributed by atoms with Crippen molar-refractivity contribution in [2.45, 2.75) is 58.2 Å². The van der Waals surface area contributed by atoms with Crippen molar-refractivity contribution in [3.05, 3.63) is 0 Å². The smallest absolute Gasteiger partial charge is 0.391 e. The molecule has 1 aliphatic rings. The maximum atomic E-state index is 11.3. The van der Waals surface area contributed by atoms with Gasteiger partial charge in [-0.2, -0.15) is 0 Å². The summed E-state index contributed by atoms with van der Waals surface area (Å²) in [5.41, 5.74) is 0. The summed E-state index contributed by atoms with van der Waals surface area (Å²) in [5, 5.41) is 0. The summed E-state index contributed by atoms with van der Waals surface area (Å²) in [5.74, 6) is 0. The molecular weight excluding hydrogens is 627 g/mol. The quantitative estimate of drug-likeness (QED) is 0.0597. The molecule has 41 heavy (non-hydrogen) atoms. The van der Waals surface area contributed by atoms with Crippen LogP contribution in [0.4, 0.5) is 0 Å². The number of nitrogens with zero attached hydrogens (tertiary/aromatic N) is 3. The highest BCUT2D eigenvalue weighted by Crippen LogP contribution is 2.35. The summed E-state index contributed by atoms with van der Waals surface area (Å²) in [6, 6.07) is -0.584. The monoisotopic (exact) mass is 684 g/mol. The minimum Gasteiger partial charge on any atom is -0.391 e. The predicted molar refractivity (Wildman–Crippen MR) is 161 cm³/mol. The van der Waals surface area contributed by atoms with Gasteiger partial charge in [-0.25, -0.2) is 0 Å². The molecule has 1 atom stereocenters. The molecule has 246 valence electrons. The Balaban J connectivity index is 3.28. The molecule has 1 heterocycles. The van der Waals surface area contributed by atoms with Crippen molar-refractivity contribution in [3.63, 3.8) is 0 Å². The predicted octanol–water partition coefficient (Wildman–Crippen LogP) is -1.82. The molecule has 0 bridgehead atoms. The van der Waals surface area contributed by atoms with Gasteiger partial charge in [-0.1, -0.05) is 0 Å². The van der Waals surface area contributed by atoms with E-state index in [-0.39, 0.29) is 18.1 Å². The number of hydrogen-bond donors (Lipinski definition) is 7. The Hall–Kier alpha value is 0.484. The van der Waals surface area contributed by atoms with Gasteiger partial charge in [0.05, 0.1) is 81.6 Å². The van der Waals surface area contributed by atoms with Gasteiger partial charge in [0.15, 0.2) is 0 Å². The Morgan fingerprint density at radius 1 is 0.585 bits per heavy atom. The maximum Gasteiger partial charge on any atom is 0.660 e. The topological polar surface area (TPSA) is 188 Å². The Labute approximate surface area is 251 Å². The van der Waals surface area contributed by atoms with Crippen LogP contribution in [0.2, 0.25) is 18.1 Å². The normalized spacial score (nSPS) is 22.2. The van der Waals surface area contributed by atoms with Gasteiger partial charge in [0, 0.05) is 37.4 Å². The zero-order valence-electron chi connectivity index (χ0n) is 26.5. The van der Waals surface area contributed by atoms with Gasteiger partial charge in [-0.05, 0) is 20.8 Å². The number of quaternary nitrogens is 3. The van der Waals surface area contributed by atoms with E-state index in [2.05, 4.69) is 0 Å². The fourth-order valence-electron chi connectivity index (χ4n) is 4.02. The Bertz CT molecular complexity index is 783. The molecule has 0 amide bonds. The molecule has 7 N–H and O–H groups in total. The third kappa shape index (κ3) is 14.9. The van der Waals surface area contributed by atoms with E-state index in [1.165, 1.54) is 0 Å². The van der Waals surface area contributed by atoms with Crippen LogP contribution in [-0.2, 0) is 20.6 Å². The highest BCUT2D eigenvalue weighted by Gasteiger charge is 2.72. The summed E-state index contributed by atoms with van der Waals surface area (Å²) >= 11 is 0. The van der Waals surface area contributed by atoms with Crippen LogP contribution in [-0.4, -0.2) is 173 Å². The summed E-state index contributed by atoms with van der Waals surface area (Å²) in [6.07, 6.45) is 1.02. The molecule has 0 radical (unpaired) electrons. The van der Waals surface area contributed by atoms with Crippen molar-refractivity contribution in [1.29, 1.82) is 0 Å². The van der Waals surface area contributed by atoms with Crippen LogP contribution in [0.5, 0.6) is 0 Å². The largest absolute Gasteiger partial charge is 0.660 e. The molecule has 0 aliphatic carbocycles. The van der Waals surface area contributed by atoms with E-state index >= 15 is 0 Å². The average molecular weight is 685 g/mol. The second-order valence-electron chi connectivity index (χ2n) is 13.0. The van der Waals surface area contributed by atoms with E-state index in [1.54, 1.807) is 0 Å². The average Bonchev–Trinajstić information content (AvgIpc) is 2.75. The van der Waals surface area contributed by atoms with E-state index in [4.69, 9.17) is 20.6 Å². The van der Waals surface area contributed by atoms with Crippen LogP contribution in [0.15, 0.2) is 0 Å². The highest BCUT2D eigenvalue weighted by atomic mass is 28.6. The molecule has 20 heteroatoms. The summed E-state index contributed by atoms with van der Waals surface area (Å²) in [6.45, 7) is 10.2. The van der Waals surface area contributed by atoms with E-state index < -0.39 is 44.5 Å². The summed E-state index contributed by atoms with van der Waals surface area (Å²) in [7, 11) is -12.4. The van der Waals surface area contributed by atoms with Crippen molar-refractivity contribution in [2.75, 3.05) is 81.6 Å². The molecule has 0 aromatic carbocycles. The summed E-state index contributed by atoms with van der Waals surface area (Å²) < 4.78 is 29.0. The first-order valence-electron chi connectivity index (χ1n) is 14.4. The minimum atomic E-state index is -5.21. The second kappa shape index (κ2) is 14.7. The highest BCUT2D eigenvalue weighted by molar-refractivity contribution is 6.88. The third-order valence-corrected chi connectivity index (χ3v) is 22.1. The van der Waals surface area contributed by atoms with E-state index in [0.717, 1.165) is 19.6 Å². The fraction of sp³-hybridized carbons (Fsp3) is 1.00. The van der Waals surface area contributed by atoms with Gasteiger partial charge in [-0.3, -0.25) is 0 Å². The zero-order valence-corrected chi connectivity index (χ0v) is 31.5. The Morgan fingerprint density at radius 2 is 0.951 bits per heavy atom. The second-order valence-corrected chi connectivity index (χ2v) is 25.1. The summed E-state index contributed by atoms with van der Waals surface area (Å²) in [4.78, 5) is 76.2. The molecule has 15 nitrogen and oxygen atoms in total. The molecule has 1 unspecified atom stereocenters. The zero-order chi connectivity index (χ0) is 32.0. The lowest BCUT2D eigenvalue weighted by Gasteiger charge is -2.45. The molecular formula is C21H58N3O12Si5+3. The van der Waals surface area contributed by atoms with Crippen LogP contribution < -0.4 is 0 Å². The first-order chi connectivity index (χ1) is 18.3. The maximum absolute atomic E-state index is 11.3. The SMILES string of the molecule is CC[N+](C)(C)CCC[Si](O)(O)O[Si]1(O[Si](O)(O)CCC[N+](C)(C)CC)O[Si](O)(O)O[Si](O)(CCC[N+](C)(C)CC)O1. The molecule has 1 aliphatic heterocycles. The van der Waals surface area contributed by atoms with Crippen molar-refractivity contribution in [1.82, 2.24) is 0 Å². The first kappa shape index (κ1) is 39.5. The molecule has 0 saturated carbocycles. The van der Waals surface area contributed by atoms with Crippen molar-refractivity contribution in [3.8, 4) is 0 Å². The standard InChI is InChI=1S/C21H58N3O12Si5/c1-10-22(4,5)16-13-19-37(25,26)32-41(33-38(27,28)20-14-17-23(6,7)11-2)35-39(29,34-40(30,31)36-41)21-15-18-24(8,9)12-3/h25-31H,10-21H2,1-9H3/q+3. The molecule has 0 aromatic rings. The van der Waals surface area contributed by atoms with Gasteiger partial charge in [0.25, 0.3) is 0 Å². The van der Waals surface area contributed by atoms with Crippen LogP contribution in [0, 0.1) is 0 Å². The van der Waals surface area contributed by atoms with E-state index in [1.807, 2.05) is 63.1 Å². The van der Waals surface area contributed by atoms with Gasteiger partial charge < -0.3 is 67.6 Å². The lowest BCUT2D eigenvalue weighted by molar-refractivity contribution is -0.888. The van der Waals surface area contributed by atoms with Crippen LogP contribution in [0.1, 0.15) is 40.0 Å². The first-order valence-corrected chi connectivity index (χ1v) is 23.7. The molecule has 0 aromatic heterocycles. The Morgan fingerprint density at radius 3 is 1.32 bits per heavy atom. The van der Waals surface area contributed by atoms with Crippen molar-refractivity contribution in [2.24, 2.45) is 0 Å². The molecule has 0 spiro atoms. The number of rotatable bonds is 19. The lowest BCUT2D eigenvalue weighted by atomic mass is 10.4. The number of hydrogen-bond acceptors (Lipinski definition) is 12. The molecule has 1 fully saturated rings. The van der Waals surface area contributed by atoms with Gasteiger partial charge in [0.2, 0.25) is 0 Å². The van der Waals surface area contributed by atoms with Gasteiger partial charge in [-0.15, -0.1) is 0 Å². The molecule has 1 rings (SSSR count). The molecule has 1 saturated heterocycles. The van der Waals surface area contributed by atoms with E-state index in [0.29, 0.717) is 52.3 Å². The van der Waals surface area contributed by atoms with Crippen LogP contribution >= 0.6 is 0 Å². The lowest BCUT2D eigenvalue weighted by Crippen LogP contribution is -2.77. The van der Waals surface area contributed by atoms with Gasteiger partial charge in [0.1, 0.15) is 0 Å².